The molecule has 0 aromatic heterocycles. The van der Waals surface area contributed by atoms with Gasteiger partial charge in [0.1, 0.15) is 5.92 Å². The van der Waals surface area contributed by atoms with Crippen LogP contribution in [0.5, 0.6) is 0 Å². The molecule has 0 aliphatic rings. The Kier molecular flexibility index (Phi) is 5.94. The van der Waals surface area contributed by atoms with Crippen LogP contribution >= 0.6 is 0 Å². The lowest BCUT2D eigenvalue weighted by atomic mass is 10.0. The number of nitrogens with one attached hydrogen (secondary N) is 1. The first-order valence-corrected chi connectivity index (χ1v) is 5.21. The van der Waals surface area contributed by atoms with Crippen molar-refractivity contribution >= 4 is 5.91 Å². The normalized spacial score (nSPS) is 14.6. The lowest BCUT2D eigenvalue weighted by molar-refractivity contribution is -0.124. The summed E-state index contributed by atoms with van der Waals surface area (Å²) in [6.07, 6.45) is 1.53. The summed E-state index contributed by atoms with van der Waals surface area (Å²) in [5.41, 5.74) is 0. The molecule has 0 saturated carbocycles. The number of nitriles is 1. The number of hydrogen-bond donors (Lipinski definition) is 1. The van der Waals surface area contributed by atoms with Gasteiger partial charge in [0, 0.05) is 6.04 Å². The molecule has 1 N–H and O–H groups in total. The molecule has 14 heavy (non-hydrogen) atoms. The quantitative estimate of drug-likeness (QED) is 0.732. The first-order chi connectivity index (χ1) is 6.51. The molecule has 0 fully saturated rings. The van der Waals surface area contributed by atoms with E-state index in [9.17, 15) is 4.79 Å². The summed E-state index contributed by atoms with van der Waals surface area (Å²) in [4.78, 5) is 11.5. The van der Waals surface area contributed by atoms with Crippen LogP contribution in [0.1, 0.15) is 40.5 Å². The average molecular weight is 196 g/mol. The van der Waals surface area contributed by atoms with Gasteiger partial charge in [-0.1, -0.05) is 20.8 Å². The van der Waals surface area contributed by atoms with Crippen molar-refractivity contribution in [3.63, 3.8) is 0 Å². The fourth-order valence-electron chi connectivity index (χ4n) is 1.44. The number of carbonyl (C=O) groups excluding carboxylic acids is 1. The van der Waals surface area contributed by atoms with Gasteiger partial charge in [-0.05, 0) is 25.7 Å². The van der Waals surface area contributed by atoms with Crippen molar-refractivity contribution in [2.45, 2.75) is 46.6 Å². The highest BCUT2D eigenvalue weighted by Crippen LogP contribution is 2.06. The second kappa shape index (κ2) is 6.42. The molecule has 0 saturated heterocycles. The molecule has 0 aromatic rings. The van der Waals surface area contributed by atoms with E-state index in [-0.39, 0.29) is 11.9 Å². The van der Waals surface area contributed by atoms with Gasteiger partial charge in [-0.25, -0.2) is 0 Å². The maximum absolute atomic E-state index is 11.5. The predicted molar refractivity (Wildman–Crippen MR) is 56.5 cm³/mol. The Morgan fingerprint density at radius 1 is 1.43 bits per heavy atom. The Hall–Kier alpha value is -1.04. The molecule has 80 valence electrons. The van der Waals surface area contributed by atoms with Crippen LogP contribution in [0.2, 0.25) is 0 Å². The molecule has 0 spiro atoms. The van der Waals surface area contributed by atoms with E-state index in [1.165, 1.54) is 0 Å². The Labute approximate surface area is 86.5 Å². The largest absolute Gasteiger partial charge is 0.353 e. The van der Waals surface area contributed by atoms with Gasteiger partial charge >= 0.3 is 0 Å². The number of nitrogens with zero attached hydrogens (tertiary/aromatic N) is 1. The molecule has 3 nitrogen and oxygen atoms in total. The maximum Gasteiger partial charge on any atom is 0.237 e. The number of hydrogen-bond acceptors (Lipinski definition) is 2. The maximum atomic E-state index is 11.5. The topological polar surface area (TPSA) is 52.9 Å². The SMILES string of the molecule is CCC(C#N)C(=O)NC(C)CC(C)C. The van der Waals surface area contributed by atoms with E-state index in [0.717, 1.165) is 6.42 Å². The third-order valence-electron chi connectivity index (χ3n) is 2.09. The molecule has 0 aliphatic heterocycles. The molecule has 0 radical (unpaired) electrons. The summed E-state index contributed by atoms with van der Waals surface area (Å²) in [6, 6.07) is 2.16. The Morgan fingerprint density at radius 2 is 2.00 bits per heavy atom. The monoisotopic (exact) mass is 196 g/mol. The summed E-state index contributed by atoms with van der Waals surface area (Å²) in [5, 5.41) is 11.5. The molecule has 0 rings (SSSR count). The second-order valence-electron chi connectivity index (χ2n) is 4.13. The summed E-state index contributed by atoms with van der Waals surface area (Å²) in [6.45, 7) is 8.05. The zero-order valence-corrected chi connectivity index (χ0v) is 9.50. The highest BCUT2D eigenvalue weighted by molar-refractivity contribution is 5.81. The van der Waals surface area contributed by atoms with Crippen molar-refractivity contribution in [3.05, 3.63) is 0 Å². The van der Waals surface area contributed by atoms with E-state index in [1.54, 1.807) is 0 Å². The summed E-state index contributed by atoms with van der Waals surface area (Å²) < 4.78 is 0. The van der Waals surface area contributed by atoms with E-state index in [2.05, 4.69) is 19.2 Å². The van der Waals surface area contributed by atoms with Crippen LogP contribution in [0.25, 0.3) is 0 Å². The van der Waals surface area contributed by atoms with Gasteiger partial charge in [-0.15, -0.1) is 0 Å². The van der Waals surface area contributed by atoms with E-state index in [0.29, 0.717) is 12.3 Å². The fraction of sp³-hybridized carbons (Fsp3) is 0.818. The standard InChI is InChI=1S/C11H20N2O/c1-5-10(7-12)11(14)13-9(4)6-8(2)3/h8-10H,5-6H2,1-4H3,(H,13,14). The molecular weight excluding hydrogens is 176 g/mol. The van der Waals surface area contributed by atoms with Crippen molar-refractivity contribution < 1.29 is 4.79 Å². The summed E-state index contributed by atoms with van der Waals surface area (Å²) in [5.74, 6) is -0.0692. The van der Waals surface area contributed by atoms with Crippen LogP contribution < -0.4 is 5.32 Å². The van der Waals surface area contributed by atoms with Gasteiger partial charge in [-0.2, -0.15) is 5.26 Å². The van der Waals surface area contributed by atoms with Crippen LogP contribution in [0, 0.1) is 23.2 Å². The lowest BCUT2D eigenvalue weighted by Gasteiger charge is -2.17. The fourth-order valence-corrected chi connectivity index (χ4v) is 1.44. The molecule has 0 bridgehead atoms. The van der Waals surface area contributed by atoms with Crippen LogP contribution in [0.15, 0.2) is 0 Å². The Morgan fingerprint density at radius 3 is 2.36 bits per heavy atom. The first-order valence-electron chi connectivity index (χ1n) is 5.21. The van der Waals surface area contributed by atoms with Gasteiger partial charge in [-0.3, -0.25) is 4.79 Å². The van der Waals surface area contributed by atoms with E-state index in [4.69, 9.17) is 5.26 Å². The molecule has 1 amide bonds. The Bertz CT molecular complexity index is 218. The third-order valence-corrected chi connectivity index (χ3v) is 2.09. The van der Waals surface area contributed by atoms with E-state index < -0.39 is 5.92 Å². The van der Waals surface area contributed by atoms with Gasteiger partial charge in [0.15, 0.2) is 0 Å². The summed E-state index contributed by atoms with van der Waals surface area (Å²) in [7, 11) is 0. The molecule has 2 unspecified atom stereocenters. The first kappa shape index (κ1) is 13.0. The van der Waals surface area contributed by atoms with Gasteiger partial charge < -0.3 is 5.32 Å². The van der Waals surface area contributed by atoms with Crippen molar-refractivity contribution in [1.82, 2.24) is 5.32 Å². The van der Waals surface area contributed by atoms with Gasteiger partial charge in [0.2, 0.25) is 5.91 Å². The van der Waals surface area contributed by atoms with Crippen molar-refractivity contribution in [3.8, 4) is 6.07 Å². The van der Waals surface area contributed by atoms with Crippen LogP contribution in [0.4, 0.5) is 0 Å². The predicted octanol–water partition coefficient (Wildman–Crippen LogP) is 2.09. The number of rotatable bonds is 5. The minimum absolute atomic E-state index is 0.136. The smallest absolute Gasteiger partial charge is 0.237 e. The Balaban J connectivity index is 3.99. The summed E-state index contributed by atoms with van der Waals surface area (Å²) >= 11 is 0. The third kappa shape index (κ3) is 4.86. The molecule has 0 aliphatic carbocycles. The molecule has 2 atom stereocenters. The minimum atomic E-state index is -0.496. The zero-order chi connectivity index (χ0) is 11.1. The van der Waals surface area contributed by atoms with E-state index in [1.807, 2.05) is 19.9 Å². The zero-order valence-electron chi connectivity index (χ0n) is 9.50. The average Bonchev–Trinajstić information content (AvgIpc) is 2.04. The molecule has 0 aromatic carbocycles. The minimum Gasteiger partial charge on any atom is -0.353 e. The molecular formula is C11H20N2O. The van der Waals surface area contributed by atoms with Crippen LogP contribution in [-0.2, 0) is 4.79 Å². The van der Waals surface area contributed by atoms with Crippen LogP contribution in [0.3, 0.4) is 0 Å². The second-order valence-corrected chi connectivity index (χ2v) is 4.13. The van der Waals surface area contributed by atoms with E-state index >= 15 is 0 Å². The lowest BCUT2D eigenvalue weighted by Crippen LogP contribution is -2.37. The van der Waals surface area contributed by atoms with Gasteiger partial charge in [0.05, 0.1) is 6.07 Å². The van der Waals surface area contributed by atoms with Gasteiger partial charge in [0.25, 0.3) is 0 Å². The van der Waals surface area contributed by atoms with Crippen molar-refractivity contribution in [2.75, 3.05) is 0 Å². The highest BCUT2D eigenvalue weighted by atomic mass is 16.1. The molecule has 0 heterocycles. The molecule has 3 heteroatoms. The van der Waals surface area contributed by atoms with Crippen molar-refractivity contribution in [1.29, 1.82) is 5.26 Å². The number of amides is 1. The van der Waals surface area contributed by atoms with Crippen molar-refractivity contribution in [2.24, 2.45) is 11.8 Å². The number of carbonyl (C=O) groups is 1. The highest BCUT2D eigenvalue weighted by Gasteiger charge is 2.17. The van der Waals surface area contributed by atoms with Crippen LogP contribution in [-0.4, -0.2) is 11.9 Å².